The van der Waals surface area contributed by atoms with E-state index < -0.39 is 0 Å². The lowest BCUT2D eigenvalue weighted by Crippen LogP contribution is -2.28. The standard InChI is InChI=1S/C16H18ClN3O/c17-15-3-1-2-13(8-15)14-6-7-20(11-14)16(21)5-4-12-9-18-19-10-12/h1-3,8-10,14H,4-7,11H2,(H,18,19). The predicted octanol–water partition coefficient (Wildman–Crippen LogP) is 3.01. The van der Waals surface area contributed by atoms with Crippen molar-refractivity contribution in [1.82, 2.24) is 15.1 Å². The molecule has 1 N–H and O–H groups in total. The molecule has 1 aliphatic rings. The SMILES string of the molecule is O=C(CCc1cn[nH]c1)N1CCC(c2cccc(Cl)c2)C1. The van der Waals surface area contributed by atoms with Crippen LogP contribution in [0.15, 0.2) is 36.7 Å². The van der Waals surface area contributed by atoms with Gasteiger partial charge in [0.25, 0.3) is 0 Å². The van der Waals surface area contributed by atoms with Crippen molar-refractivity contribution in [1.29, 1.82) is 0 Å². The molecule has 1 fully saturated rings. The Morgan fingerprint density at radius 3 is 3.14 bits per heavy atom. The van der Waals surface area contributed by atoms with E-state index in [2.05, 4.69) is 16.3 Å². The van der Waals surface area contributed by atoms with Crippen molar-refractivity contribution in [2.24, 2.45) is 0 Å². The topological polar surface area (TPSA) is 49.0 Å². The maximum atomic E-state index is 12.3. The van der Waals surface area contributed by atoms with Crippen LogP contribution in [0.3, 0.4) is 0 Å². The summed E-state index contributed by atoms with van der Waals surface area (Å²) < 4.78 is 0. The van der Waals surface area contributed by atoms with Gasteiger partial charge < -0.3 is 4.90 Å². The van der Waals surface area contributed by atoms with E-state index in [9.17, 15) is 4.79 Å². The molecule has 2 heterocycles. The molecule has 0 radical (unpaired) electrons. The zero-order chi connectivity index (χ0) is 14.7. The summed E-state index contributed by atoms with van der Waals surface area (Å²) in [7, 11) is 0. The lowest BCUT2D eigenvalue weighted by atomic mass is 9.99. The molecule has 0 aliphatic carbocycles. The smallest absolute Gasteiger partial charge is 0.222 e. The average molecular weight is 304 g/mol. The van der Waals surface area contributed by atoms with Gasteiger partial charge in [0.15, 0.2) is 0 Å². The number of benzene rings is 1. The summed E-state index contributed by atoms with van der Waals surface area (Å²) in [5.41, 5.74) is 2.31. The van der Waals surface area contributed by atoms with Crippen LogP contribution in [-0.4, -0.2) is 34.1 Å². The lowest BCUT2D eigenvalue weighted by Gasteiger charge is -2.16. The second kappa shape index (κ2) is 6.31. The summed E-state index contributed by atoms with van der Waals surface area (Å²) >= 11 is 6.04. The van der Waals surface area contributed by atoms with Gasteiger partial charge >= 0.3 is 0 Å². The van der Waals surface area contributed by atoms with E-state index in [1.807, 2.05) is 29.3 Å². The number of nitrogens with one attached hydrogen (secondary N) is 1. The fourth-order valence-electron chi connectivity index (χ4n) is 2.84. The highest BCUT2D eigenvalue weighted by atomic mass is 35.5. The average Bonchev–Trinajstić information content (AvgIpc) is 3.16. The molecule has 0 saturated carbocycles. The highest BCUT2D eigenvalue weighted by Gasteiger charge is 2.27. The number of hydrogen-bond donors (Lipinski definition) is 1. The molecule has 1 amide bonds. The summed E-state index contributed by atoms with van der Waals surface area (Å²) in [6, 6.07) is 7.95. The number of hydrogen-bond acceptors (Lipinski definition) is 2. The Hall–Kier alpha value is -1.81. The van der Waals surface area contributed by atoms with E-state index in [0.29, 0.717) is 12.3 Å². The van der Waals surface area contributed by atoms with Crippen molar-refractivity contribution in [3.05, 3.63) is 52.8 Å². The molecule has 0 bridgehead atoms. The van der Waals surface area contributed by atoms with E-state index in [-0.39, 0.29) is 5.91 Å². The summed E-state index contributed by atoms with van der Waals surface area (Å²) in [5.74, 6) is 0.627. The van der Waals surface area contributed by atoms with Crippen molar-refractivity contribution in [2.45, 2.75) is 25.2 Å². The minimum Gasteiger partial charge on any atom is -0.342 e. The van der Waals surface area contributed by atoms with E-state index >= 15 is 0 Å². The molecule has 3 rings (SSSR count). The zero-order valence-corrected chi connectivity index (χ0v) is 12.5. The number of aromatic amines is 1. The third-order valence-electron chi connectivity index (χ3n) is 4.04. The van der Waals surface area contributed by atoms with Crippen molar-refractivity contribution in [3.63, 3.8) is 0 Å². The van der Waals surface area contributed by atoms with Gasteiger partial charge in [0, 0.05) is 36.6 Å². The molecule has 1 aromatic carbocycles. The number of H-pyrrole nitrogens is 1. The quantitative estimate of drug-likeness (QED) is 0.944. The van der Waals surface area contributed by atoms with Gasteiger partial charge in [-0.05, 0) is 36.1 Å². The highest BCUT2D eigenvalue weighted by molar-refractivity contribution is 6.30. The van der Waals surface area contributed by atoms with Crippen LogP contribution < -0.4 is 0 Å². The molecule has 21 heavy (non-hydrogen) atoms. The van der Waals surface area contributed by atoms with Gasteiger partial charge in [-0.2, -0.15) is 5.10 Å². The van der Waals surface area contributed by atoms with Crippen LogP contribution in [0.25, 0.3) is 0 Å². The molecule has 1 aliphatic heterocycles. The molecule has 1 unspecified atom stereocenters. The van der Waals surface area contributed by atoms with E-state index in [0.717, 1.165) is 36.5 Å². The van der Waals surface area contributed by atoms with Crippen LogP contribution in [0, 0.1) is 0 Å². The van der Waals surface area contributed by atoms with Crippen molar-refractivity contribution >= 4 is 17.5 Å². The van der Waals surface area contributed by atoms with Gasteiger partial charge in [-0.25, -0.2) is 0 Å². The number of carbonyl (C=O) groups is 1. The Balaban J connectivity index is 1.55. The van der Waals surface area contributed by atoms with Gasteiger partial charge in [0.05, 0.1) is 6.20 Å². The molecule has 4 nitrogen and oxygen atoms in total. The van der Waals surface area contributed by atoms with Crippen LogP contribution >= 0.6 is 11.6 Å². The third-order valence-corrected chi connectivity index (χ3v) is 4.28. The summed E-state index contributed by atoms with van der Waals surface area (Å²) in [4.78, 5) is 14.2. The molecular formula is C16H18ClN3O. The monoisotopic (exact) mass is 303 g/mol. The molecule has 0 spiro atoms. The van der Waals surface area contributed by atoms with Gasteiger partial charge in [0.1, 0.15) is 0 Å². The van der Waals surface area contributed by atoms with E-state index in [1.165, 1.54) is 5.56 Å². The van der Waals surface area contributed by atoms with Crippen LogP contribution in [-0.2, 0) is 11.2 Å². The number of halogens is 1. The van der Waals surface area contributed by atoms with Gasteiger partial charge in [-0.15, -0.1) is 0 Å². The minimum atomic E-state index is 0.223. The molecular weight excluding hydrogens is 286 g/mol. The Labute approximate surface area is 129 Å². The zero-order valence-electron chi connectivity index (χ0n) is 11.8. The Morgan fingerprint density at radius 2 is 2.38 bits per heavy atom. The van der Waals surface area contributed by atoms with Gasteiger partial charge in [-0.3, -0.25) is 9.89 Å². The minimum absolute atomic E-state index is 0.223. The number of likely N-dealkylation sites (tertiary alicyclic amines) is 1. The second-order valence-corrected chi connectivity index (χ2v) is 5.92. The first-order valence-electron chi connectivity index (χ1n) is 7.23. The Bertz CT molecular complexity index is 612. The van der Waals surface area contributed by atoms with Crippen LogP contribution in [0.1, 0.15) is 29.9 Å². The molecule has 110 valence electrons. The molecule has 1 aromatic heterocycles. The largest absolute Gasteiger partial charge is 0.342 e. The van der Waals surface area contributed by atoms with Gasteiger partial charge in [0.2, 0.25) is 5.91 Å². The second-order valence-electron chi connectivity index (χ2n) is 5.49. The lowest BCUT2D eigenvalue weighted by molar-refractivity contribution is -0.130. The van der Waals surface area contributed by atoms with E-state index in [1.54, 1.807) is 6.20 Å². The van der Waals surface area contributed by atoms with Crippen LogP contribution in [0.2, 0.25) is 5.02 Å². The number of aromatic nitrogens is 2. The fourth-order valence-corrected chi connectivity index (χ4v) is 3.04. The Kier molecular flexibility index (Phi) is 4.25. The summed E-state index contributed by atoms with van der Waals surface area (Å²) in [5, 5.41) is 7.43. The van der Waals surface area contributed by atoms with Crippen molar-refractivity contribution in [3.8, 4) is 0 Å². The number of aryl methyl sites for hydroxylation is 1. The molecule has 1 saturated heterocycles. The fraction of sp³-hybridized carbons (Fsp3) is 0.375. The Morgan fingerprint density at radius 1 is 1.48 bits per heavy atom. The van der Waals surface area contributed by atoms with Crippen LogP contribution in [0.5, 0.6) is 0 Å². The van der Waals surface area contributed by atoms with Crippen molar-refractivity contribution < 1.29 is 4.79 Å². The first-order valence-corrected chi connectivity index (χ1v) is 7.61. The number of amides is 1. The van der Waals surface area contributed by atoms with E-state index in [4.69, 9.17) is 11.6 Å². The molecule has 1 atom stereocenters. The maximum Gasteiger partial charge on any atom is 0.222 e. The first kappa shape index (κ1) is 14.1. The number of carbonyl (C=O) groups excluding carboxylic acids is 1. The number of rotatable bonds is 4. The van der Waals surface area contributed by atoms with Crippen LogP contribution in [0.4, 0.5) is 0 Å². The summed E-state index contributed by atoms with van der Waals surface area (Å²) in [6.45, 7) is 1.63. The first-order chi connectivity index (χ1) is 10.2. The van der Waals surface area contributed by atoms with Gasteiger partial charge in [-0.1, -0.05) is 23.7 Å². The maximum absolute atomic E-state index is 12.3. The molecule has 5 heteroatoms. The third kappa shape index (κ3) is 3.45. The summed E-state index contributed by atoms with van der Waals surface area (Å²) in [6.07, 6.45) is 5.91. The normalized spacial score (nSPS) is 18.1. The molecule has 2 aromatic rings. The van der Waals surface area contributed by atoms with Crippen molar-refractivity contribution in [2.75, 3.05) is 13.1 Å². The predicted molar refractivity (Wildman–Crippen MR) is 82.3 cm³/mol. The highest BCUT2D eigenvalue weighted by Crippen LogP contribution is 2.29. The number of nitrogens with zero attached hydrogens (tertiary/aromatic N) is 2.